The number of carbonyl (C=O) groups excluding carboxylic acids is 3. The Morgan fingerprint density at radius 1 is 1.00 bits per heavy atom. The van der Waals surface area contributed by atoms with Crippen LogP contribution in [0.4, 0.5) is 0 Å². The van der Waals surface area contributed by atoms with Crippen molar-refractivity contribution in [3.63, 3.8) is 0 Å². The molecule has 0 heterocycles. The van der Waals surface area contributed by atoms with Gasteiger partial charge >= 0.3 is 5.97 Å². The van der Waals surface area contributed by atoms with E-state index in [2.05, 4.69) is 33.8 Å². The number of esters is 1. The number of hydrogen-bond donors (Lipinski definition) is 0. The lowest BCUT2D eigenvalue weighted by Gasteiger charge is -2.67. The van der Waals surface area contributed by atoms with E-state index in [1.54, 1.807) is 7.11 Å². The topological polar surface area (TPSA) is 60.4 Å². The normalized spacial score (nSPS) is 45.5. The molecule has 0 aromatic heterocycles. The van der Waals surface area contributed by atoms with E-state index in [1.807, 2.05) is 19.9 Å². The van der Waals surface area contributed by atoms with Gasteiger partial charge < -0.3 is 9.53 Å². The van der Waals surface area contributed by atoms with Crippen molar-refractivity contribution in [2.24, 2.45) is 50.7 Å². The molecule has 4 nitrogen and oxygen atoms in total. The second kappa shape index (κ2) is 7.65. The van der Waals surface area contributed by atoms with Gasteiger partial charge in [-0.05, 0) is 96.5 Å². The summed E-state index contributed by atoms with van der Waals surface area (Å²) in [5, 5.41) is 0. The number of hydrogen-bond acceptors (Lipinski definition) is 4. The molecule has 0 aliphatic heterocycles. The Kier molecular flexibility index (Phi) is 5.45. The summed E-state index contributed by atoms with van der Waals surface area (Å²) in [5.74, 6) is 0.370. The zero-order valence-electron chi connectivity index (χ0n) is 22.8. The minimum absolute atomic E-state index is 0.00719. The standard InChI is InChI=1S/C31H44O4/c1-27(2)12-14-31(26(34)35-7)15-13-30(6)23(24(31)17-27)9-8-22-20-16-19(18-32)25(33)28(3,4)21(20)10-11-29(22,30)5/h8,16,18-19,21,23-24H,9-15,17H2,1-7H3/t19?,21-,23?,24?,29-,30-,31+/m1/s1. The Bertz CT molecular complexity index is 1030. The van der Waals surface area contributed by atoms with Gasteiger partial charge in [0.15, 0.2) is 5.78 Å². The fourth-order valence-corrected chi connectivity index (χ4v) is 9.60. The fourth-order valence-electron chi connectivity index (χ4n) is 9.60. The van der Waals surface area contributed by atoms with E-state index in [0.29, 0.717) is 11.8 Å². The lowest BCUT2D eigenvalue weighted by atomic mass is 9.36. The van der Waals surface area contributed by atoms with Crippen LogP contribution in [0.15, 0.2) is 23.3 Å². The molecule has 35 heavy (non-hydrogen) atoms. The van der Waals surface area contributed by atoms with Crippen LogP contribution in [0.25, 0.3) is 0 Å². The molecule has 0 aromatic carbocycles. The zero-order valence-corrected chi connectivity index (χ0v) is 22.8. The lowest BCUT2D eigenvalue weighted by Crippen LogP contribution is -2.62. The smallest absolute Gasteiger partial charge is 0.312 e. The van der Waals surface area contributed by atoms with E-state index in [1.165, 1.54) is 11.1 Å². The third-order valence-corrected chi connectivity index (χ3v) is 12.1. The minimum Gasteiger partial charge on any atom is -0.469 e. The van der Waals surface area contributed by atoms with Crippen LogP contribution in [0, 0.1) is 50.7 Å². The molecular formula is C31H44O4. The van der Waals surface area contributed by atoms with Crippen LogP contribution in [0.2, 0.25) is 0 Å². The Labute approximate surface area is 211 Å². The van der Waals surface area contributed by atoms with Crippen LogP contribution in [-0.2, 0) is 19.1 Å². The number of allylic oxidation sites excluding steroid dienone is 4. The first-order valence-electron chi connectivity index (χ1n) is 13.8. The van der Waals surface area contributed by atoms with Crippen molar-refractivity contribution in [1.29, 1.82) is 0 Å². The van der Waals surface area contributed by atoms with E-state index in [-0.39, 0.29) is 39.3 Å². The number of ketones is 1. The summed E-state index contributed by atoms with van der Waals surface area (Å²) in [6, 6.07) is 0. The monoisotopic (exact) mass is 480 g/mol. The fraction of sp³-hybridized carbons (Fsp3) is 0.774. The van der Waals surface area contributed by atoms with Gasteiger partial charge in [-0.2, -0.15) is 0 Å². The van der Waals surface area contributed by atoms with Crippen molar-refractivity contribution >= 4 is 18.0 Å². The second-order valence-electron chi connectivity index (χ2n) is 14.3. The quantitative estimate of drug-likeness (QED) is 0.258. The predicted octanol–water partition coefficient (Wildman–Crippen LogP) is 6.49. The van der Waals surface area contributed by atoms with E-state index < -0.39 is 11.3 Å². The molecule has 3 unspecified atom stereocenters. The lowest BCUT2D eigenvalue weighted by molar-refractivity contribution is -0.187. The Balaban J connectivity index is 1.62. The van der Waals surface area contributed by atoms with Gasteiger partial charge in [0, 0.05) is 5.41 Å². The van der Waals surface area contributed by atoms with Crippen molar-refractivity contribution in [3.8, 4) is 0 Å². The first-order valence-corrected chi connectivity index (χ1v) is 13.8. The maximum Gasteiger partial charge on any atom is 0.312 e. The SMILES string of the molecule is COC(=O)[C@]12CCC(C)(C)CC1C1CC=C3C4=CC(C=O)C(=O)C(C)(C)[C@@H]4CC[C@@]3(C)[C@]1(C)CC2. The van der Waals surface area contributed by atoms with Gasteiger partial charge in [0.05, 0.1) is 18.4 Å². The molecule has 0 amide bonds. The van der Waals surface area contributed by atoms with Gasteiger partial charge in [0.25, 0.3) is 0 Å². The van der Waals surface area contributed by atoms with Crippen molar-refractivity contribution in [2.45, 2.75) is 92.9 Å². The van der Waals surface area contributed by atoms with Crippen molar-refractivity contribution in [2.75, 3.05) is 7.11 Å². The average molecular weight is 481 g/mol. The molecule has 4 heteroatoms. The highest BCUT2D eigenvalue weighted by Crippen LogP contribution is 2.73. The van der Waals surface area contributed by atoms with Gasteiger partial charge in [-0.1, -0.05) is 53.7 Å². The molecule has 0 radical (unpaired) electrons. The Morgan fingerprint density at radius 3 is 2.34 bits per heavy atom. The number of fused-ring (bicyclic) bond motifs is 7. The van der Waals surface area contributed by atoms with Gasteiger partial charge in [-0.25, -0.2) is 0 Å². The molecule has 0 saturated heterocycles. The summed E-state index contributed by atoms with van der Waals surface area (Å²) >= 11 is 0. The first-order chi connectivity index (χ1) is 16.3. The molecule has 3 fully saturated rings. The Hall–Kier alpha value is -1.71. The minimum atomic E-state index is -0.637. The van der Waals surface area contributed by atoms with Gasteiger partial charge in [-0.15, -0.1) is 0 Å². The molecule has 0 spiro atoms. The van der Waals surface area contributed by atoms with E-state index in [9.17, 15) is 14.4 Å². The Morgan fingerprint density at radius 2 is 1.69 bits per heavy atom. The van der Waals surface area contributed by atoms with E-state index in [0.717, 1.165) is 57.7 Å². The molecule has 5 rings (SSSR count). The summed E-state index contributed by atoms with van der Waals surface area (Å²) in [7, 11) is 1.56. The first kappa shape index (κ1) is 25.0. The highest BCUT2D eigenvalue weighted by molar-refractivity contribution is 6.00. The summed E-state index contributed by atoms with van der Waals surface area (Å²) in [6.07, 6.45) is 13.3. The van der Waals surface area contributed by atoms with Crippen LogP contribution in [0.1, 0.15) is 92.9 Å². The van der Waals surface area contributed by atoms with Crippen LogP contribution in [0.5, 0.6) is 0 Å². The van der Waals surface area contributed by atoms with Gasteiger partial charge in [-0.3, -0.25) is 9.59 Å². The van der Waals surface area contributed by atoms with Crippen LogP contribution < -0.4 is 0 Å². The maximum atomic E-state index is 13.3. The molecule has 0 aromatic rings. The number of rotatable bonds is 2. The summed E-state index contributed by atoms with van der Waals surface area (Å²) in [6.45, 7) is 13.7. The molecule has 3 saturated carbocycles. The average Bonchev–Trinajstić information content (AvgIpc) is 2.80. The second-order valence-corrected chi connectivity index (χ2v) is 14.3. The van der Waals surface area contributed by atoms with Crippen LogP contribution in [0.3, 0.4) is 0 Å². The highest BCUT2D eigenvalue weighted by Gasteiger charge is 2.67. The summed E-state index contributed by atoms with van der Waals surface area (Å²) < 4.78 is 5.46. The maximum absolute atomic E-state index is 13.3. The van der Waals surface area contributed by atoms with Crippen molar-refractivity contribution in [1.82, 2.24) is 0 Å². The van der Waals surface area contributed by atoms with Crippen molar-refractivity contribution in [3.05, 3.63) is 23.3 Å². The molecule has 192 valence electrons. The number of ether oxygens (including phenoxy) is 1. The van der Waals surface area contributed by atoms with Crippen molar-refractivity contribution < 1.29 is 19.1 Å². The molecular weight excluding hydrogens is 436 g/mol. The number of aldehydes is 1. The van der Waals surface area contributed by atoms with Crippen LogP contribution >= 0.6 is 0 Å². The predicted molar refractivity (Wildman–Crippen MR) is 136 cm³/mol. The number of methoxy groups -OCH3 is 1. The molecule has 5 aliphatic rings. The van der Waals surface area contributed by atoms with Gasteiger partial charge in [0.2, 0.25) is 0 Å². The molecule has 0 bridgehead atoms. The van der Waals surface area contributed by atoms with Crippen LogP contribution in [-0.4, -0.2) is 25.1 Å². The summed E-state index contributed by atoms with van der Waals surface area (Å²) in [5.41, 5.74) is 2.06. The molecule has 0 N–H and O–H groups in total. The number of Topliss-reactive ketones (excluding diaryl/α,β-unsaturated/α-hetero) is 1. The molecule has 5 aliphatic carbocycles. The van der Waals surface area contributed by atoms with E-state index in [4.69, 9.17) is 4.74 Å². The van der Waals surface area contributed by atoms with Gasteiger partial charge in [0.1, 0.15) is 6.29 Å². The highest BCUT2D eigenvalue weighted by atomic mass is 16.5. The summed E-state index contributed by atoms with van der Waals surface area (Å²) in [4.78, 5) is 38.3. The zero-order chi connectivity index (χ0) is 25.6. The third kappa shape index (κ3) is 3.13. The largest absolute Gasteiger partial charge is 0.469 e. The molecule has 7 atom stereocenters. The number of carbonyl (C=O) groups is 3. The van der Waals surface area contributed by atoms with E-state index >= 15 is 0 Å². The third-order valence-electron chi connectivity index (χ3n) is 12.1.